The summed E-state index contributed by atoms with van der Waals surface area (Å²) in [7, 11) is 0. The Labute approximate surface area is 144 Å². The van der Waals surface area contributed by atoms with E-state index in [4.69, 9.17) is 0 Å². The third-order valence-corrected chi connectivity index (χ3v) is 4.73. The standard InChI is InChI=1S/C18H19N5O2/c24-17(20-14-7-9-23-16(10-14)21-22-18(23)25)5-4-12-2-1-3-13-11-19-8-6-15(12)13/h1-3,6,8,11,14H,4-5,7,9-10H2,(H,20,24)(H,22,25). The van der Waals surface area contributed by atoms with Crippen molar-refractivity contribution in [2.24, 2.45) is 0 Å². The largest absolute Gasteiger partial charge is 0.353 e. The van der Waals surface area contributed by atoms with Crippen molar-refractivity contribution >= 4 is 16.7 Å². The van der Waals surface area contributed by atoms with E-state index in [1.807, 2.05) is 24.4 Å². The molecule has 0 radical (unpaired) electrons. The number of carbonyl (C=O) groups is 1. The van der Waals surface area contributed by atoms with Gasteiger partial charge in [-0.05, 0) is 29.9 Å². The van der Waals surface area contributed by atoms with E-state index in [1.54, 1.807) is 10.8 Å². The van der Waals surface area contributed by atoms with E-state index in [1.165, 1.54) is 0 Å². The minimum absolute atomic E-state index is 0.0300. The highest BCUT2D eigenvalue weighted by atomic mass is 16.2. The van der Waals surface area contributed by atoms with Crippen LogP contribution in [0, 0.1) is 0 Å². The van der Waals surface area contributed by atoms with E-state index in [0.29, 0.717) is 31.6 Å². The molecule has 4 rings (SSSR count). The number of rotatable bonds is 4. The number of aromatic nitrogens is 4. The van der Waals surface area contributed by atoms with Crippen LogP contribution in [-0.4, -0.2) is 31.7 Å². The molecule has 1 aromatic carbocycles. The molecule has 25 heavy (non-hydrogen) atoms. The zero-order valence-electron chi connectivity index (χ0n) is 13.7. The predicted octanol–water partition coefficient (Wildman–Crippen LogP) is 1.18. The monoisotopic (exact) mass is 337 g/mol. The van der Waals surface area contributed by atoms with Crippen molar-refractivity contribution in [3.8, 4) is 0 Å². The maximum Gasteiger partial charge on any atom is 0.343 e. The fourth-order valence-corrected chi connectivity index (χ4v) is 3.42. The molecule has 1 aliphatic heterocycles. The fraction of sp³-hybridized carbons (Fsp3) is 0.333. The number of hydrogen-bond donors (Lipinski definition) is 2. The molecule has 0 aliphatic carbocycles. The fourth-order valence-electron chi connectivity index (χ4n) is 3.42. The van der Waals surface area contributed by atoms with Crippen molar-refractivity contribution in [1.29, 1.82) is 0 Å². The predicted molar refractivity (Wildman–Crippen MR) is 93.2 cm³/mol. The highest BCUT2D eigenvalue weighted by Crippen LogP contribution is 2.19. The maximum absolute atomic E-state index is 12.3. The lowest BCUT2D eigenvalue weighted by Crippen LogP contribution is -2.41. The van der Waals surface area contributed by atoms with Gasteiger partial charge in [0, 0.05) is 43.2 Å². The number of pyridine rings is 1. The zero-order valence-corrected chi connectivity index (χ0v) is 13.7. The summed E-state index contributed by atoms with van der Waals surface area (Å²) in [4.78, 5) is 28.0. The minimum Gasteiger partial charge on any atom is -0.353 e. The van der Waals surface area contributed by atoms with E-state index >= 15 is 0 Å². The molecule has 0 spiro atoms. The van der Waals surface area contributed by atoms with Crippen LogP contribution in [0.2, 0.25) is 0 Å². The number of H-pyrrole nitrogens is 1. The van der Waals surface area contributed by atoms with E-state index in [0.717, 1.165) is 22.8 Å². The number of nitrogens with one attached hydrogen (secondary N) is 2. The van der Waals surface area contributed by atoms with Gasteiger partial charge in [0.25, 0.3) is 0 Å². The first-order valence-corrected chi connectivity index (χ1v) is 8.46. The average molecular weight is 337 g/mol. The smallest absolute Gasteiger partial charge is 0.343 e. The molecule has 1 aliphatic rings. The molecule has 3 heterocycles. The van der Waals surface area contributed by atoms with Crippen LogP contribution < -0.4 is 11.0 Å². The molecule has 0 saturated heterocycles. The van der Waals surface area contributed by atoms with Crippen molar-refractivity contribution in [1.82, 2.24) is 25.1 Å². The number of amides is 1. The van der Waals surface area contributed by atoms with Crippen LogP contribution in [0.4, 0.5) is 0 Å². The number of carbonyl (C=O) groups excluding carboxylic acids is 1. The third-order valence-electron chi connectivity index (χ3n) is 4.73. The van der Waals surface area contributed by atoms with Gasteiger partial charge in [0.2, 0.25) is 5.91 Å². The average Bonchev–Trinajstić information content (AvgIpc) is 3.00. The molecule has 0 bridgehead atoms. The van der Waals surface area contributed by atoms with Gasteiger partial charge in [-0.3, -0.25) is 14.3 Å². The molecule has 1 amide bonds. The third kappa shape index (κ3) is 3.17. The van der Waals surface area contributed by atoms with Gasteiger partial charge in [-0.15, -0.1) is 0 Å². The van der Waals surface area contributed by atoms with Crippen LogP contribution >= 0.6 is 0 Å². The Kier molecular flexibility index (Phi) is 4.05. The van der Waals surface area contributed by atoms with Gasteiger partial charge in [0.05, 0.1) is 0 Å². The molecule has 128 valence electrons. The van der Waals surface area contributed by atoms with Gasteiger partial charge in [-0.1, -0.05) is 18.2 Å². The van der Waals surface area contributed by atoms with Crippen molar-refractivity contribution in [3.05, 3.63) is 58.5 Å². The number of aromatic amines is 1. The van der Waals surface area contributed by atoms with Gasteiger partial charge in [-0.25, -0.2) is 9.89 Å². The highest BCUT2D eigenvalue weighted by Gasteiger charge is 2.22. The summed E-state index contributed by atoms with van der Waals surface area (Å²) in [5.41, 5.74) is 0.977. The number of hydrogen-bond acceptors (Lipinski definition) is 4. The second-order valence-electron chi connectivity index (χ2n) is 6.37. The number of benzene rings is 1. The maximum atomic E-state index is 12.3. The lowest BCUT2D eigenvalue weighted by Gasteiger charge is -2.23. The second kappa shape index (κ2) is 6.51. The van der Waals surface area contributed by atoms with Gasteiger partial charge < -0.3 is 5.32 Å². The molecule has 0 fully saturated rings. The molecule has 1 unspecified atom stereocenters. The second-order valence-corrected chi connectivity index (χ2v) is 6.37. The summed E-state index contributed by atoms with van der Waals surface area (Å²) in [5, 5.41) is 11.8. The summed E-state index contributed by atoms with van der Waals surface area (Å²) < 4.78 is 1.63. The summed E-state index contributed by atoms with van der Waals surface area (Å²) in [6.45, 7) is 0.589. The first-order chi connectivity index (χ1) is 12.2. The Balaban J connectivity index is 1.37. The van der Waals surface area contributed by atoms with Gasteiger partial charge >= 0.3 is 5.69 Å². The zero-order chi connectivity index (χ0) is 17.2. The Morgan fingerprint density at radius 3 is 3.20 bits per heavy atom. The van der Waals surface area contributed by atoms with Gasteiger partial charge in [-0.2, -0.15) is 5.10 Å². The summed E-state index contributed by atoms with van der Waals surface area (Å²) >= 11 is 0. The minimum atomic E-state index is -0.176. The first-order valence-electron chi connectivity index (χ1n) is 8.46. The molecule has 7 heteroatoms. The number of nitrogens with zero attached hydrogens (tertiary/aromatic N) is 3. The molecule has 2 aromatic heterocycles. The van der Waals surface area contributed by atoms with Crippen LogP contribution in [0.5, 0.6) is 0 Å². The molecular formula is C18H19N5O2. The summed E-state index contributed by atoms with van der Waals surface area (Å²) in [6, 6.07) is 8.10. The molecule has 1 atom stereocenters. The highest BCUT2D eigenvalue weighted by molar-refractivity contribution is 5.85. The quantitative estimate of drug-likeness (QED) is 0.748. The summed E-state index contributed by atoms with van der Waals surface area (Å²) in [5.74, 6) is 0.741. The van der Waals surface area contributed by atoms with E-state index in [2.05, 4.69) is 26.6 Å². The van der Waals surface area contributed by atoms with Crippen molar-refractivity contribution < 1.29 is 4.79 Å². The Bertz CT molecular complexity index is 970. The topological polar surface area (TPSA) is 92.7 Å². The molecule has 3 aromatic rings. The van der Waals surface area contributed by atoms with Crippen LogP contribution in [0.1, 0.15) is 24.2 Å². The molecule has 2 N–H and O–H groups in total. The number of fused-ring (bicyclic) bond motifs is 2. The van der Waals surface area contributed by atoms with Gasteiger partial charge in [0.1, 0.15) is 5.82 Å². The van der Waals surface area contributed by atoms with Crippen LogP contribution in [0.3, 0.4) is 0 Å². The lowest BCUT2D eigenvalue weighted by atomic mass is 10.0. The lowest BCUT2D eigenvalue weighted by molar-refractivity contribution is -0.121. The van der Waals surface area contributed by atoms with Crippen molar-refractivity contribution in [2.45, 2.75) is 38.3 Å². The molecular weight excluding hydrogens is 318 g/mol. The van der Waals surface area contributed by atoms with Gasteiger partial charge in [0.15, 0.2) is 0 Å². The van der Waals surface area contributed by atoms with Crippen LogP contribution in [0.15, 0.2) is 41.5 Å². The summed E-state index contributed by atoms with van der Waals surface area (Å²) in [6.07, 6.45) is 6.07. The van der Waals surface area contributed by atoms with E-state index in [9.17, 15) is 9.59 Å². The SMILES string of the molecule is O=C(CCc1cccc2cnccc12)NC1CCn2c(n[nH]c2=O)C1. The Morgan fingerprint density at radius 1 is 1.36 bits per heavy atom. The van der Waals surface area contributed by atoms with E-state index < -0.39 is 0 Å². The normalized spacial score (nSPS) is 16.6. The molecule has 0 saturated carbocycles. The Morgan fingerprint density at radius 2 is 2.28 bits per heavy atom. The van der Waals surface area contributed by atoms with Crippen molar-refractivity contribution in [3.63, 3.8) is 0 Å². The Hall–Kier alpha value is -2.96. The number of aryl methyl sites for hydroxylation is 1. The van der Waals surface area contributed by atoms with E-state index in [-0.39, 0.29) is 17.6 Å². The van der Waals surface area contributed by atoms with Crippen LogP contribution in [0.25, 0.3) is 10.8 Å². The molecule has 7 nitrogen and oxygen atoms in total. The van der Waals surface area contributed by atoms with Crippen LogP contribution in [-0.2, 0) is 24.2 Å². The van der Waals surface area contributed by atoms with Crippen molar-refractivity contribution in [2.75, 3.05) is 0 Å². The first kappa shape index (κ1) is 15.6.